The normalized spacial score (nSPS) is 15.3. The average molecular weight is 418 g/mol. The number of thiophene rings is 1. The van der Waals surface area contributed by atoms with Crippen molar-refractivity contribution >= 4 is 27.4 Å². The number of hydrogen-bond acceptors (Lipinski definition) is 6. The van der Waals surface area contributed by atoms with Gasteiger partial charge in [-0.1, -0.05) is 55.7 Å². The lowest BCUT2D eigenvalue weighted by Crippen LogP contribution is -2.42. The molecule has 2 N–H and O–H groups in total. The molecule has 0 aliphatic carbocycles. The van der Waals surface area contributed by atoms with E-state index in [1.807, 2.05) is 12.2 Å². The smallest absolute Gasteiger partial charge is 0.138 e. The van der Waals surface area contributed by atoms with E-state index in [0.717, 1.165) is 54.3 Å². The first kappa shape index (κ1) is 20.5. The van der Waals surface area contributed by atoms with Crippen LogP contribution in [0.3, 0.4) is 0 Å². The van der Waals surface area contributed by atoms with Gasteiger partial charge in [0.05, 0.1) is 5.39 Å². The van der Waals surface area contributed by atoms with Gasteiger partial charge in [-0.25, -0.2) is 9.97 Å². The summed E-state index contributed by atoms with van der Waals surface area (Å²) in [5.41, 5.74) is 3.63. The van der Waals surface area contributed by atoms with Crippen molar-refractivity contribution < 1.29 is 0 Å². The molecule has 154 valence electrons. The number of nitrogens with one attached hydrogen (secondary N) is 2. The highest BCUT2D eigenvalue weighted by atomic mass is 32.1. The lowest BCUT2D eigenvalue weighted by atomic mass is 10.1. The zero-order chi connectivity index (χ0) is 20.8. The number of piperazine rings is 1. The third-order valence-corrected chi connectivity index (χ3v) is 6.33. The number of hydrogen-bond donors (Lipinski definition) is 2. The number of anilines is 1. The van der Waals surface area contributed by atoms with Crippen molar-refractivity contribution in [1.29, 1.82) is 0 Å². The van der Waals surface area contributed by atoms with Crippen LogP contribution in [0.15, 0.2) is 73.6 Å². The van der Waals surface area contributed by atoms with Crippen molar-refractivity contribution in [2.75, 3.05) is 38.0 Å². The van der Waals surface area contributed by atoms with E-state index in [9.17, 15) is 0 Å². The van der Waals surface area contributed by atoms with E-state index in [2.05, 4.69) is 69.0 Å². The molecule has 1 fully saturated rings. The second-order valence-electron chi connectivity index (χ2n) is 7.31. The zero-order valence-electron chi connectivity index (χ0n) is 17.1. The molecule has 1 aromatic carbocycles. The van der Waals surface area contributed by atoms with Crippen molar-refractivity contribution in [1.82, 2.24) is 20.2 Å². The Labute approximate surface area is 181 Å². The number of aromatic nitrogens is 2. The molecule has 0 atom stereocenters. The van der Waals surface area contributed by atoms with Gasteiger partial charge in [-0.3, -0.25) is 4.90 Å². The Hall–Kier alpha value is -2.80. The van der Waals surface area contributed by atoms with Gasteiger partial charge in [0.15, 0.2) is 0 Å². The Balaban J connectivity index is 1.51. The molecule has 30 heavy (non-hydrogen) atoms. The summed E-state index contributed by atoms with van der Waals surface area (Å²) in [5, 5.41) is 7.85. The quantitative estimate of drug-likeness (QED) is 0.530. The Morgan fingerprint density at radius 3 is 2.70 bits per heavy atom. The highest BCUT2D eigenvalue weighted by Crippen LogP contribution is 2.35. The van der Waals surface area contributed by atoms with Gasteiger partial charge < -0.3 is 10.6 Å². The summed E-state index contributed by atoms with van der Waals surface area (Å²) in [6.45, 7) is 13.6. The minimum Gasteiger partial charge on any atom is -0.365 e. The van der Waals surface area contributed by atoms with Gasteiger partial charge in [0, 0.05) is 44.1 Å². The standard InChI is InChI=1S/C24H27N5S/c1-3-5-18(4-2)15-26-23-21-14-22(30-24(21)28-17-27-23)20-8-6-19(7-9-20)16-29-12-10-25-11-13-29/h3-9,14,17,25H,1-2,10-13,15-16H2,(H,26,27,28)/b18-5+. The molecule has 2 aromatic heterocycles. The molecule has 0 amide bonds. The summed E-state index contributed by atoms with van der Waals surface area (Å²) in [6.07, 6.45) is 7.16. The fourth-order valence-electron chi connectivity index (χ4n) is 3.58. The summed E-state index contributed by atoms with van der Waals surface area (Å²) < 4.78 is 0. The number of allylic oxidation sites excluding steroid dienone is 2. The molecule has 1 aliphatic heterocycles. The maximum absolute atomic E-state index is 4.47. The van der Waals surface area contributed by atoms with Crippen molar-refractivity contribution in [3.05, 3.63) is 79.2 Å². The van der Waals surface area contributed by atoms with E-state index in [1.54, 1.807) is 23.7 Å². The van der Waals surface area contributed by atoms with E-state index in [4.69, 9.17) is 0 Å². The molecule has 1 aliphatic rings. The van der Waals surface area contributed by atoms with Crippen LogP contribution in [-0.4, -0.2) is 47.6 Å². The summed E-state index contributed by atoms with van der Waals surface area (Å²) in [7, 11) is 0. The summed E-state index contributed by atoms with van der Waals surface area (Å²) in [5.74, 6) is 0.842. The minimum atomic E-state index is 0.646. The second kappa shape index (κ2) is 9.80. The maximum atomic E-state index is 4.47. The third-order valence-electron chi connectivity index (χ3n) is 5.24. The Morgan fingerprint density at radius 2 is 1.97 bits per heavy atom. The second-order valence-corrected chi connectivity index (χ2v) is 8.34. The van der Waals surface area contributed by atoms with Crippen LogP contribution in [0.4, 0.5) is 5.82 Å². The van der Waals surface area contributed by atoms with Gasteiger partial charge in [0.25, 0.3) is 0 Å². The molecule has 3 aromatic rings. The van der Waals surface area contributed by atoms with Crippen molar-refractivity contribution in [3.63, 3.8) is 0 Å². The number of benzene rings is 1. The molecular weight excluding hydrogens is 390 g/mol. The molecular formula is C24H27N5S. The van der Waals surface area contributed by atoms with E-state index >= 15 is 0 Å². The van der Waals surface area contributed by atoms with Crippen LogP contribution >= 0.6 is 11.3 Å². The first-order valence-corrected chi connectivity index (χ1v) is 11.0. The fraction of sp³-hybridized carbons (Fsp3) is 0.250. The highest BCUT2D eigenvalue weighted by Gasteiger charge is 2.12. The van der Waals surface area contributed by atoms with Crippen LogP contribution < -0.4 is 10.6 Å². The first-order chi connectivity index (χ1) is 14.8. The molecule has 6 heteroatoms. The molecule has 0 spiro atoms. The highest BCUT2D eigenvalue weighted by molar-refractivity contribution is 7.21. The first-order valence-electron chi connectivity index (χ1n) is 10.2. The predicted octanol–water partition coefficient (Wildman–Crippen LogP) is 4.47. The van der Waals surface area contributed by atoms with Crippen molar-refractivity contribution in [2.45, 2.75) is 6.54 Å². The third kappa shape index (κ3) is 4.84. The average Bonchev–Trinajstić information content (AvgIpc) is 3.23. The maximum Gasteiger partial charge on any atom is 0.138 e. The number of nitrogens with zero attached hydrogens (tertiary/aromatic N) is 3. The van der Waals surface area contributed by atoms with Gasteiger partial charge in [-0.2, -0.15) is 0 Å². The molecule has 4 rings (SSSR count). The fourth-order valence-corrected chi connectivity index (χ4v) is 4.58. The zero-order valence-corrected chi connectivity index (χ0v) is 17.9. The lowest BCUT2D eigenvalue weighted by molar-refractivity contribution is 0.233. The predicted molar refractivity (Wildman–Crippen MR) is 128 cm³/mol. The van der Waals surface area contributed by atoms with Crippen molar-refractivity contribution in [3.8, 4) is 10.4 Å². The van der Waals surface area contributed by atoms with Crippen LogP contribution in [0.25, 0.3) is 20.7 Å². The lowest BCUT2D eigenvalue weighted by Gasteiger charge is -2.27. The van der Waals surface area contributed by atoms with E-state index in [0.29, 0.717) is 6.54 Å². The Morgan fingerprint density at radius 1 is 1.17 bits per heavy atom. The molecule has 1 saturated heterocycles. The Bertz CT molecular complexity index is 1050. The monoisotopic (exact) mass is 417 g/mol. The van der Waals surface area contributed by atoms with Crippen LogP contribution in [0, 0.1) is 0 Å². The SMILES string of the molecule is C=C/C=C(\C=C)CNc1ncnc2sc(-c3ccc(CN4CCNCC4)cc3)cc12. The van der Waals surface area contributed by atoms with Crippen molar-refractivity contribution in [2.24, 2.45) is 0 Å². The summed E-state index contributed by atoms with van der Waals surface area (Å²) in [6, 6.07) is 11.1. The van der Waals surface area contributed by atoms with E-state index in [1.165, 1.54) is 16.0 Å². The largest absolute Gasteiger partial charge is 0.365 e. The number of rotatable bonds is 8. The molecule has 0 unspecified atom stereocenters. The van der Waals surface area contributed by atoms with Crippen LogP contribution in [-0.2, 0) is 6.54 Å². The van der Waals surface area contributed by atoms with Gasteiger partial charge >= 0.3 is 0 Å². The van der Waals surface area contributed by atoms with Gasteiger partial charge in [0.1, 0.15) is 17.0 Å². The topological polar surface area (TPSA) is 53.1 Å². The van der Waals surface area contributed by atoms with E-state index < -0.39 is 0 Å². The molecule has 5 nitrogen and oxygen atoms in total. The molecule has 0 bridgehead atoms. The van der Waals surface area contributed by atoms with Crippen LogP contribution in [0.1, 0.15) is 5.56 Å². The summed E-state index contributed by atoms with van der Waals surface area (Å²) >= 11 is 1.70. The van der Waals surface area contributed by atoms with Crippen LogP contribution in [0.2, 0.25) is 0 Å². The van der Waals surface area contributed by atoms with E-state index in [-0.39, 0.29) is 0 Å². The van der Waals surface area contributed by atoms with Gasteiger partial charge in [-0.05, 0) is 22.8 Å². The molecule has 3 heterocycles. The van der Waals surface area contributed by atoms with Gasteiger partial charge in [0.2, 0.25) is 0 Å². The number of fused-ring (bicyclic) bond motifs is 1. The van der Waals surface area contributed by atoms with Gasteiger partial charge in [-0.15, -0.1) is 11.3 Å². The minimum absolute atomic E-state index is 0.646. The summed E-state index contributed by atoms with van der Waals surface area (Å²) in [4.78, 5) is 13.6. The Kier molecular flexibility index (Phi) is 6.69. The molecule has 0 radical (unpaired) electrons. The molecule has 0 saturated carbocycles. The van der Waals surface area contributed by atoms with Crippen LogP contribution in [0.5, 0.6) is 0 Å².